The summed E-state index contributed by atoms with van der Waals surface area (Å²) in [7, 11) is 1.69. The van der Waals surface area contributed by atoms with Crippen LogP contribution in [-0.4, -0.2) is 12.1 Å². The van der Waals surface area contributed by atoms with Gasteiger partial charge in [0.1, 0.15) is 5.75 Å². The molecule has 118 valence electrons. The normalized spacial score (nSPS) is 10.9. The number of hydrogen-bond donors (Lipinski definition) is 1. The second kappa shape index (κ2) is 6.46. The summed E-state index contributed by atoms with van der Waals surface area (Å²) in [6.07, 6.45) is 0. The first-order valence-corrected chi connectivity index (χ1v) is 8.65. The molecule has 0 aliphatic rings. The minimum Gasteiger partial charge on any atom is -0.497 e. The number of fused-ring (bicyclic) bond motifs is 1. The largest absolute Gasteiger partial charge is 0.497 e. The first kappa shape index (κ1) is 14.9. The first-order valence-electron chi connectivity index (χ1n) is 7.83. The molecule has 3 aromatic carbocycles. The number of aromatic nitrogens is 1. The minimum atomic E-state index is 0.868. The van der Waals surface area contributed by atoms with E-state index in [2.05, 4.69) is 65.6 Å². The fourth-order valence-corrected chi connectivity index (χ4v) is 3.88. The number of nitrogens with one attached hydrogen (secondary N) is 1. The molecule has 0 unspecified atom stereocenters. The molecular formula is C21H17NOS. The molecule has 1 heterocycles. The lowest BCUT2D eigenvalue weighted by atomic mass is 10.1. The van der Waals surface area contributed by atoms with E-state index in [1.807, 2.05) is 18.2 Å². The number of H-pyrrole nitrogens is 1. The summed E-state index contributed by atoms with van der Waals surface area (Å²) in [6.45, 7) is 0. The number of rotatable bonds is 4. The van der Waals surface area contributed by atoms with Crippen molar-refractivity contribution in [1.29, 1.82) is 0 Å². The Labute approximate surface area is 145 Å². The molecule has 3 heteroatoms. The predicted molar refractivity (Wildman–Crippen MR) is 101 cm³/mol. The van der Waals surface area contributed by atoms with Crippen LogP contribution < -0.4 is 4.74 Å². The van der Waals surface area contributed by atoms with Crippen molar-refractivity contribution in [1.82, 2.24) is 4.98 Å². The van der Waals surface area contributed by atoms with Gasteiger partial charge in [0, 0.05) is 20.7 Å². The van der Waals surface area contributed by atoms with Gasteiger partial charge in [0.2, 0.25) is 0 Å². The highest BCUT2D eigenvalue weighted by Crippen LogP contribution is 2.41. The molecule has 1 N–H and O–H groups in total. The number of aromatic amines is 1. The zero-order chi connectivity index (χ0) is 16.4. The summed E-state index contributed by atoms with van der Waals surface area (Å²) in [6, 6.07) is 27.1. The average molecular weight is 331 g/mol. The van der Waals surface area contributed by atoms with Crippen LogP contribution >= 0.6 is 11.8 Å². The highest BCUT2D eigenvalue weighted by atomic mass is 32.2. The van der Waals surface area contributed by atoms with Crippen LogP contribution in [0.1, 0.15) is 0 Å². The Hall–Kier alpha value is -2.65. The Morgan fingerprint density at radius 2 is 1.50 bits per heavy atom. The Balaban J connectivity index is 1.85. The zero-order valence-electron chi connectivity index (χ0n) is 13.3. The Morgan fingerprint density at radius 3 is 2.25 bits per heavy atom. The topological polar surface area (TPSA) is 25.0 Å². The Kier molecular flexibility index (Phi) is 4.01. The third kappa shape index (κ3) is 2.79. The molecule has 0 radical (unpaired) electrons. The van der Waals surface area contributed by atoms with E-state index in [0.717, 1.165) is 22.5 Å². The fraction of sp³-hybridized carbons (Fsp3) is 0.0476. The second-order valence-electron chi connectivity index (χ2n) is 5.52. The molecular weight excluding hydrogens is 314 g/mol. The lowest BCUT2D eigenvalue weighted by Gasteiger charge is -2.06. The summed E-state index contributed by atoms with van der Waals surface area (Å²) >= 11 is 1.79. The summed E-state index contributed by atoms with van der Waals surface area (Å²) in [4.78, 5) is 6.06. The van der Waals surface area contributed by atoms with Crippen LogP contribution in [0.2, 0.25) is 0 Å². The summed E-state index contributed by atoms with van der Waals surface area (Å²) in [5, 5.41) is 1.25. The van der Waals surface area contributed by atoms with E-state index in [-0.39, 0.29) is 0 Å². The van der Waals surface area contributed by atoms with Crippen molar-refractivity contribution in [2.24, 2.45) is 0 Å². The molecule has 0 saturated heterocycles. The van der Waals surface area contributed by atoms with Crippen LogP contribution in [-0.2, 0) is 0 Å². The van der Waals surface area contributed by atoms with Crippen molar-refractivity contribution in [3.8, 4) is 17.0 Å². The van der Waals surface area contributed by atoms with E-state index >= 15 is 0 Å². The maximum atomic E-state index is 5.27. The summed E-state index contributed by atoms with van der Waals surface area (Å²) in [5.41, 5.74) is 3.46. The SMILES string of the molecule is COc1ccc(-c2[nH]c3ccccc3c2Sc2ccccc2)cc1. The number of hydrogen-bond acceptors (Lipinski definition) is 2. The van der Waals surface area contributed by atoms with E-state index in [4.69, 9.17) is 4.74 Å². The van der Waals surface area contributed by atoms with Crippen molar-refractivity contribution >= 4 is 22.7 Å². The molecule has 4 rings (SSSR count). The molecule has 0 fully saturated rings. The fourth-order valence-electron chi connectivity index (χ4n) is 2.79. The van der Waals surface area contributed by atoms with E-state index in [1.165, 1.54) is 15.2 Å². The van der Waals surface area contributed by atoms with Crippen LogP contribution in [0, 0.1) is 0 Å². The van der Waals surface area contributed by atoms with Crippen LogP contribution in [0.15, 0.2) is 88.7 Å². The van der Waals surface area contributed by atoms with Crippen molar-refractivity contribution < 1.29 is 4.74 Å². The third-order valence-corrected chi connectivity index (χ3v) is 5.14. The van der Waals surface area contributed by atoms with E-state index in [0.29, 0.717) is 0 Å². The van der Waals surface area contributed by atoms with Gasteiger partial charge in [-0.3, -0.25) is 0 Å². The molecule has 0 aliphatic carbocycles. The minimum absolute atomic E-state index is 0.868. The molecule has 24 heavy (non-hydrogen) atoms. The van der Waals surface area contributed by atoms with Crippen molar-refractivity contribution in [3.63, 3.8) is 0 Å². The van der Waals surface area contributed by atoms with Gasteiger partial charge in [-0.25, -0.2) is 0 Å². The smallest absolute Gasteiger partial charge is 0.118 e. The molecule has 0 atom stereocenters. The van der Waals surface area contributed by atoms with Crippen LogP contribution in [0.25, 0.3) is 22.2 Å². The van der Waals surface area contributed by atoms with Crippen LogP contribution in [0.3, 0.4) is 0 Å². The number of methoxy groups -OCH3 is 1. The molecule has 0 saturated carbocycles. The van der Waals surface area contributed by atoms with E-state index in [1.54, 1.807) is 18.9 Å². The maximum absolute atomic E-state index is 5.27. The lowest BCUT2D eigenvalue weighted by Crippen LogP contribution is -1.84. The Bertz CT molecular complexity index is 958. The molecule has 0 bridgehead atoms. The first-order chi connectivity index (χ1) is 11.8. The van der Waals surface area contributed by atoms with Gasteiger partial charge < -0.3 is 9.72 Å². The van der Waals surface area contributed by atoms with E-state index in [9.17, 15) is 0 Å². The van der Waals surface area contributed by atoms with Gasteiger partial charge in [-0.15, -0.1) is 0 Å². The van der Waals surface area contributed by atoms with Gasteiger partial charge >= 0.3 is 0 Å². The highest BCUT2D eigenvalue weighted by Gasteiger charge is 2.14. The van der Waals surface area contributed by atoms with Crippen molar-refractivity contribution in [2.45, 2.75) is 9.79 Å². The van der Waals surface area contributed by atoms with Crippen LogP contribution in [0.4, 0.5) is 0 Å². The van der Waals surface area contributed by atoms with Gasteiger partial charge in [-0.05, 0) is 48.0 Å². The zero-order valence-corrected chi connectivity index (χ0v) is 14.1. The number of ether oxygens (including phenoxy) is 1. The number of para-hydroxylation sites is 1. The molecule has 0 aliphatic heterocycles. The lowest BCUT2D eigenvalue weighted by molar-refractivity contribution is 0.415. The average Bonchev–Trinajstić information content (AvgIpc) is 3.01. The summed E-state index contributed by atoms with van der Waals surface area (Å²) in [5.74, 6) is 0.868. The van der Waals surface area contributed by atoms with Gasteiger partial charge in [0.05, 0.1) is 12.8 Å². The molecule has 0 spiro atoms. The predicted octanol–water partition coefficient (Wildman–Crippen LogP) is 5.99. The molecule has 0 amide bonds. The maximum Gasteiger partial charge on any atom is 0.118 e. The van der Waals surface area contributed by atoms with E-state index < -0.39 is 0 Å². The quantitative estimate of drug-likeness (QED) is 0.496. The molecule has 4 aromatic rings. The molecule has 2 nitrogen and oxygen atoms in total. The highest BCUT2D eigenvalue weighted by molar-refractivity contribution is 7.99. The second-order valence-corrected chi connectivity index (χ2v) is 6.60. The van der Waals surface area contributed by atoms with Gasteiger partial charge in [-0.2, -0.15) is 0 Å². The van der Waals surface area contributed by atoms with Gasteiger partial charge in [-0.1, -0.05) is 48.2 Å². The third-order valence-electron chi connectivity index (χ3n) is 4.00. The number of benzene rings is 3. The summed E-state index contributed by atoms with van der Waals surface area (Å²) < 4.78 is 5.27. The van der Waals surface area contributed by atoms with Crippen LogP contribution in [0.5, 0.6) is 5.75 Å². The molecule has 1 aromatic heterocycles. The van der Waals surface area contributed by atoms with Crippen molar-refractivity contribution in [3.05, 3.63) is 78.9 Å². The van der Waals surface area contributed by atoms with Gasteiger partial charge in [0.25, 0.3) is 0 Å². The standard InChI is InChI=1S/C21H17NOS/c1-23-16-13-11-15(12-14-16)20-21(24-17-7-3-2-4-8-17)18-9-5-6-10-19(18)22-20/h2-14,22H,1H3. The monoisotopic (exact) mass is 331 g/mol. The van der Waals surface area contributed by atoms with Gasteiger partial charge in [0.15, 0.2) is 0 Å². The van der Waals surface area contributed by atoms with Crippen molar-refractivity contribution in [2.75, 3.05) is 7.11 Å². The Morgan fingerprint density at radius 1 is 0.792 bits per heavy atom.